The van der Waals surface area contributed by atoms with E-state index in [0.717, 1.165) is 0 Å². The first-order valence-corrected chi connectivity index (χ1v) is 11.7. The van der Waals surface area contributed by atoms with E-state index in [1.54, 1.807) is 42.5 Å². The van der Waals surface area contributed by atoms with Crippen molar-refractivity contribution >= 4 is 43.6 Å². The van der Waals surface area contributed by atoms with Gasteiger partial charge in [-0.15, -0.1) is 0 Å². The van der Waals surface area contributed by atoms with Gasteiger partial charge in [0.2, 0.25) is 0 Å². The first-order valence-electron chi connectivity index (χ1n) is 20.2. The molecule has 0 amide bonds. The van der Waals surface area contributed by atoms with E-state index in [-0.39, 0.29) is 38.7 Å². The lowest BCUT2D eigenvalue weighted by atomic mass is 10.1. The number of nitrogens with zero attached hydrogens (tertiary/aromatic N) is 2. The van der Waals surface area contributed by atoms with Crippen LogP contribution < -0.4 is 0 Å². The summed E-state index contributed by atoms with van der Waals surface area (Å²) in [5.74, 6) is 0. The van der Waals surface area contributed by atoms with Gasteiger partial charge in [0.05, 0.1) is 51.1 Å². The summed E-state index contributed by atoms with van der Waals surface area (Å²) in [7, 11) is 0. The smallest absolute Gasteiger partial charge is 0.0782 e. The molecule has 0 saturated carbocycles. The average Bonchev–Trinajstić information content (AvgIpc) is 3.71. The highest BCUT2D eigenvalue weighted by atomic mass is 15.1. The Bertz CT molecular complexity index is 2940. The maximum Gasteiger partial charge on any atom is 0.0782 e. The third kappa shape index (κ3) is 3.01. The van der Waals surface area contributed by atoms with Crippen LogP contribution in [0.25, 0.3) is 66.1 Å². The summed E-state index contributed by atoms with van der Waals surface area (Å²) in [4.78, 5) is 0. The van der Waals surface area contributed by atoms with E-state index in [1.165, 1.54) is 9.13 Å². The Morgan fingerprint density at radius 2 is 1.03 bits per heavy atom. The van der Waals surface area contributed by atoms with E-state index in [4.69, 9.17) is 20.6 Å². The molecule has 0 bridgehead atoms. The second-order valence-electron chi connectivity index (χ2n) is 8.53. The number of rotatable bonds is 3. The number of fused-ring (bicyclic) bond motifs is 6. The van der Waals surface area contributed by atoms with E-state index in [1.807, 2.05) is 0 Å². The maximum atomic E-state index is 9.30. The number of aromatic nitrogens is 2. The highest BCUT2D eigenvalue weighted by Gasteiger charge is 2.19. The van der Waals surface area contributed by atoms with Gasteiger partial charge in [-0.1, -0.05) is 109 Å². The molecule has 0 atom stereocenters. The van der Waals surface area contributed by atoms with Crippen molar-refractivity contribution in [3.63, 3.8) is 0 Å². The molecule has 8 aromatic rings. The van der Waals surface area contributed by atoms with Gasteiger partial charge < -0.3 is 9.13 Å². The van der Waals surface area contributed by atoms with Crippen LogP contribution in [-0.4, -0.2) is 9.13 Å². The molecule has 2 nitrogen and oxygen atoms in total. The van der Waals surface area contributed by atoms with Crippen LogP contribution in [0, 0.1) is 0 Å². The van der Waals surface area contributed by atoms with E-state index >= 15 is 0 Å². The van der Waals surface area contributed by atoms with Crippen molar-refractivity contribution in [1.82, 2.24) is 9.13 Å². The second kappa shape index (κ2) is 8.22. The summed E-state index contributed by atoms with van der Waals surface area (Å²) in [6, 6.07) is 0.964. The molecule has 6 aromatic carbocycles. The van der Waals surface area contributed by atoms with E-state index in [2.05, 4.69) is 0 Å². The van der Waals surface area contributed by atoms with Crippen molar-refractivity contribution in [3.05, 3.63) is 145 Å². The molecule has 0 spiro atoms. The van der Waals surface area contributed by atoms with Crippen LogP contribution in [0.5, 0.6) is 0 Å². The van der Waals surface area contributed by atoms with Gasteiger partial charge in [-0.2, -0.15) is 0 Å². The zero-order chi connectivity index (χ0) is 39.8. The van der Waals surface area contributed by atoms with Crippen LogP contribution in [0.4, 0.5) is 0 Å². The van der Waals surface area contributed by atoms with Gasteiger partial charge in [0.1, 0.15) is 0 Å². The van der Waals surface area contributed by atoms with Gasteiger partial charge in [0.25, 0.3) is 0 Å². The van der Waals surface area contributed by atoms with Gasteiger partial charge in [0.15, 0.2) is 0 Å². The van der Waals surface area contributed by atoms with Crippen molar-refractivity contribution in [2.45, 2.75) is 0 Å². The molecule has 0 aliphatic rings. The molecule has 0 unspecified atom stereocenters. The van der Waals surface area contributed by atoms with Crippen molar-refractivity contribution in [1.29, 1.82) is 0 Å². The Hall–Kier alpha value is -5.08. The zero-order valence-electron chi connectivity index (χ0n) is 36.4. The van der Waals surface area contributed by atoms with Crippen LogP contribution in [0.2, 0.25) is 0 Å². The highest BCUT2D eigenvalue weighted by Crippen LogP contribution is 2.39. The predicted octanol–water partition coefficient (Wildman–Crippen LogP) is 9.55. The Morgan fingerprint density at radius 3 is 1.76 bits per heavy atom. The van der Waals surface area contributed by atoms with Gasteiger partial charge in [-0.05, 0) is 47.4 Å². The molecule has 38 heavy (non-hydrogen) atoms. The lowest BCUT2D eigenvalue weighted by Crippen LogP contribution is -2.00. The van der Waals surface area contributed by atoms with E-state index in [9.17, 15) is 2.74 Å². The van der Waals surface area contributed by atoms with Gasteiger partial charge in [-0.25, -0.2) is 0 Å². The van der Waals surface area contributed by atoms with E-state index in [0.29, 0.717) is 16.3 Å². The highest BCUT2D eigenvalue weighted by molar-refractivity contribution is 6.15. The summed E-state index contributed by atoms with van der Waals surface area (Å²) < 4.78 is 151. The van der Waals surface area contributed by atoms with Crippen LogP contribution in [0.15, 0.2) is 145 Å². The van der Waals surface area contributed by atoms with E-state index < -0.39 is 114 Å². The fraction of sp³-hybridized carbons (Fsp3) is 0. The zero-order valence-corrected chi connectivity index (χ0v) is 19.4. The van der Waals surface area contributed by atoms with Gasteiger partial charge in [0, 0.05) is 27.2 Å². The SMILES string of the molecule is [2H]c1c([2H])c([2H])c(-c2c([2H])c([2H])c(-n3c4ccccc4c4cccc(-n5c6c([2H])c([2H])c([2H])c([2H])c6c6c([2H])c([2H])c([2H])c([2H])c65)c43)c([2H])c2[2H])c([2H])c1[2H]. The molecule has 178 valence electrons. The molecule has 2 aromatic heterocycles. The first-order chi connectivity index (χ1) is 25.9. The molecule has 0 aliphatic heterocycles. The van der Waals surface area contributed by atoms with Crippen LogP contribution in [-0.2, 0) is 0 Å². The Kier molecular flexibility index (Phi) is 2.24. The molecule has 0 saturated heterocycles. The van der Waals surface area contributed by atoms with Gasteiger partial charge in [-0.3, -0.25) is 0 Å². The molecule has 0 radical (unpaired) electrons. The number of para-hydroxylation sites is 4. The molecular weight excluding hydrogens is 460 g/mol. The van der Waals surface area contributed by atoms with Crippen molar-refractivity contribution in [3.8, 4) is 22.5 Å². The Balaban J connectivity index is 1.60. The predicted molar refractivity (Wildman–Crippen MR) is 161 cm³/mol. The topological polar surface area (TPSA) is 9.86 Å². The third-order valence-corrected chi connectivity index (χ3v) is 6.53. The largest absolute Gasteiger partial charge is 0.307 e. The van der Waals surface area contributed by atoms with Crippen LogP contribution in [0.3, 0.4) is 0 Å². The molecule has 8 rings (SSSR count). The van der Waals surface area contributed by atoms with Crippen molar-refractivity contribution < 1.29 is 23.3 Å². The molecular formula is C36H24N2. The summed E-state index contributed by atoms with van der Waals surface area (Å²) in [5.41, 5.74) is -0.937. The number of hydrogen-bond donors (Lipinski definition) is 0. The molecule has 0 fully saturated rings. The summed E-state index contributed by atoms with van der Waals surface area (Å²) in [6.07, 6.45) is 0. The number of hydrogen-bond acceptors (Lipinski definition) is 0. The van der Waals surface area contributed by atoms with Crippen molar-refractivity contribution in [2.24, 2.45) is 0 Å². The quantitative estimate of drug-likeness (QED) is 0.228. The lowest BCUT2D eigenvalue weighted by Gasteiger charge is -2.14. The number of benzene rings is 6. The van der Waals surface area contributed by atoms with Crippen LogP contribution in [0.1, 0.15) is 23.3 Å². The maximum absolute atomic E-state index is 9.30. The molecule has 0 N–H and O–H groups in total. The first kappa shape index (κ1) is 10.4. The van der Waals surface area contributed by atoms with Crippen LogP contribution >= 0.6 is 0 Å². The standard InChI is InChI=1S/C36H24N2/c1-2-11-25(12-3-1)26-21-23-27(24-22-26)37-32-17-7-6-15-30(32)31-16-10-20-35(36(31)37)38-33-18-8-4-13-28(33)29-14-5-9-19-34(29)38/h1-24H/i1D,2D,3D,4D,5D,8D,9D,11D,12D,13D,14D,18D,19D,21D,22D,23D,24D. The fourth-order valence-electron chi connectivity index (χ4n) is 4.99. The molecule has 2 heterocycles. The third-order valence-electron chi connectivity index (χ3n) is 6.53. The Labute approximate surface area is 244 Å². The van der Waals surface area contributed by atoms with Gasteiger partial charge >= 0.3 is 0 Å². The van der Waals surface area contributed by atoms with Crippen molar-refractivity contribution in [2.75, 3.05) is 0 Å². The molecule has 0 aliphatic carbocycles. The average molecular weight is 502 g/mol. The fourth-order valence-corrected chi connectivity index (χ4v) is 4.99. The minimum atomic E-state index is -0.717. The monoisotopic (exact) mass is 501 g/mol. The lowest BCUT2D eigenvalue weighted by molar-refractivity contribution is 1.13. The Morgan fingerprint density at radius 1 is 0.421 bits per heavy atom. The minimum absolute atomic E-state index is 0.121. The summed E-state index contributed by atoms with van der Waals surface area (Å²) in [6.45, 7) is 0. The summed E-state index contributed by atoms with van der Waals surface area (Å²) in [5, 5.41) is 0.742. The molecule has 2 heteroatoms. The minimum Gasteiger partial charge on any atom is -0.307 e. The second-order valence-corrected chi connectivity index (χ2v) is 8.53. The normalized spacial score (nSPS) is 17.9. The summed E-state index contributed by atoms with van der Waals surface area (Å²) >= 11 is 0.